The van der Waals surface area contributed by atoms with Gasteiger partial charge in [-0.3, -0.25) is 14.4 Å². The van der Waals surface area contributed by atoms with Crippen LogP contribution in [0.4, 0.5) is 0 Å². The molecule has 1 atom stereocenters. The molecule has 3 aromatic carbocycles. The molecule has 1 aliphatic heterocycles. The van der Waals surface area contributed by atoms with Gasteiger partial charge in [0.1, 0.15) is 0 Å². The fourth-order valence-corrected chi connectivity index (χ4v) is 4.36. The second kappa shape index (κ2) is 6.82. The lowest BCUT2D eigenvalue weighted by Crippen LogP contribution is -2.29. The maximum Gasteiger partial charge on any atom is 0.253 e. The van der Waals surface area contributed by atoms with Crippen LogP contribution in [0.2, 0.25) is 0 Å². The van der Waals surface area contributed by atoms with E-state index in [1.54, 1.807) is 42.5 Å². The Morgan fingerprint density at radius 2 is 1.38 bits per heavy atom. The standard InChI is InChI=1S/C25H19NO3/c27-23-19-8-4-5-9-20(19)24(28)22-14-17(10-11-21(22)23)25(29)26-13-12-18(15-26)16-6-2-1-3-7-16/h1-11,14,18H,12-13,15H2/t18-/m0/s1. The van der Waals surface area contributed by atoms with Gasteiger partial charge in [0.05, 0.1) is 0 Å². The fourth-order valence-electron chi connectivity index (χ4n) is 4.36. The van der Waals surface area contributed by atoms with E-state index >= 15 is 0 Å². The van der Waals surface area contributed by atoms with Crippen LogP contribution in [0.1, 0.15) is 60.1 Å². The van der Waals surface area contributed by atoms with Crippen LogP contribution in [0.5, 0.6) is 0 Å². The summed E-state index contributed by atoms with van der Waals surface area (Å²) < 4.78 is 0. The van der Waals surface area contributed by atoms with Gasteiger partial charge in [0.2, 0.25) is 0 Å². The van der Waals surface area contributed by atoms with Crippen LogP contribution in [-0.4, -0.2) is 35.5 Å². The summed E-state index contributed by atoms with van der Waals surface area (Å²) in [5, 5.41) is 0. The molecule has 4 nitrogen and oxygen atoms in total. The molecule has 1 aliphatic carbocycles. The highest BCUT2D eigenvalue weighted by atomic mass is 16.2. The number of benzene rings is 3. The van der Waals surface area contributed by atoms with Crippen LogP contribution in [0.3, 0.4) is 0 Å². The quantitative estimate of drug-likeness (QED) is 0.525. The Bertz CT molecular complexity index is 1150. The van der Waals surface area contributed by atoms with Crippen molar-refractivity contribution in [2.75, 3.05) is 13.1 Å². The van der Waals surface area contributed by atoms with Crippen LogP contribution >= 0.6 is 0 Å². The lowest BCUT2D eigenvalue weighted by atomic mass is 9.83. The molecule has 4 heteroatoms. The maximum atomic E-state index is 13.1. The van der Waals surface area contributed by atoms with Crippen LogP contribution in [0.25, 0.3) is 0 Å². The van der Waals surface area contributed by atoms with E-state index in [9.17, 15) is 14.4 Å². The molecule has 1 amide bonds. The number of amides is 1. The molecular weight excluding hydrogens is 362 g/mol. The Balaban J connectivity index is 1.43. The van der Waals surface area contributed by atoms with E-state index in [2.05, 4.69) is 12.1 Å². The molecule has 0 unspecified atom stereocenters. The van der Waals surface area contributed by atoms with Gasteiger partial charge in [-0.25, -0.2) is 0 Å². The largest absolute Gasteiger partial charge is 0.338 e. The van der Waals surface area contributed by atoms with Gasteiger partial charge >= 0.3 is 0 Å². The molecule has 3 aromatic rings. The van der Waals surface area contributed by atoms with Crippen LogP contribution in [0.15, 0.2) is 72.8 Å². The monoisotopic (exact) mass is 381 g/mol. The fraction of sp³-hybridized carbons (Fsp3) is 0.160. The normalized spacial score (nSPS) is 17.8. The number of hydrogen-bond acceptors (Lipinski definition) is 3. The summed E-state index contributed by atoms with van der Waals surface area (Å²) in [6.07, 6.45) is 0.922. The van der Waals surface area contributed by atoms with E-state index in [0.717, 1.165) is 6.42 Å². The highest BCUT2D eigenvalue weighted by Gasteiger charge is 2.32. The molecule has 29 heavy (non-hydrogen) atoms. The van der Waals surface area contributed by atoms with Crippen LogP contribution < -0.4 is 0 Å². The molecule has 1 fully saturated rings. The number of carbonyl (C=O) groups is 3. The first-order valence-corrected chi connectivity index (χ1v) is 9.80. The van der Waals surface area contributed by atoms with Crippen molar-refractivity contribution in [1.29, 1.82) is 0 Å². The van der Waals surface area contributed by atoms with Crippen molar-refractivity contribution in [3.05, 3.63) is 106 Å². The average Bonchev–Trinajstić information content (AvgIpc) is 3.27. The number of nitrogens with zero attached hydrogens (tertiary/aromatic N) is 1. The number of likely N-dealkylation sites (tertiary alicyclic amines) is 1. The van der Waals surface area contributed by atoms with Gasteiger partial charge in [-0.1, -0.05) is 54.6 Å². The first kappa shape index (κ1) is 17.6. The van der Waals surface area contributed by atoms with Gasteiger partial charge < -0.3 is 4.90 Å². The SMILES string of the molecule is O=C1c2ccccc2C(=O)c2cc(C(=O)N3CC[C@H](c4ccccc4)C3)ccc21. The van der Waals surface area contributed by atoms with Crippen LogP contribution in [-0.2, 0) is 0 Å². The summed E-state index contributed by atoms with van der Waals surface area (Å²) in [6.45, 7) is 1.35. The zero-order valence-corrected chi connectivity index (χ0v) is 15.8. The van der Waals surface area contributed by atoms with Gasteiger partial charge in [0.15, 0.2) is 11.6 Å². The lowest BCUT2D eigenvalue weighted by molar-refractivity contribution is 0.0790. The average molecular weight is 381 g/mol. The summed E-state index contributed by atoms with van der Waals surface area (Å²) >= 11 is 0. The molecule has 0 radical (unpaired) electrons. The molecule has 0 bridgehead atoms. The molecule has 0 spiro atoms. The first-order chi connectivity index (χ1) is 14.1. The molecule has 142 valence electrons. The van der Waals surface area contributed by atoms with Gasteiger partial charge in [-0.2, -0.15) is 0 Å². The molecule has 1 heterocycles. The van der Waals surface area contributed by atoms with E-state index in [1.165, 1.54) is 5.56 Å². The van der Waals surface area contributed by atoms with Crippen molar-refractivity contribution >= 4 is 17.5 Å². The summed E-state index contributed by atoms with van der Waals surface area (Å²) in [4.78, 5) is 40.6. The predicted molar refractivity (Wildman–Crippen MR) is 109 cm³/mol. The summed E-state index contributed by atoms with van der Waals surface area (Å²) in [5.41, 5.74) is 3.21. The molecule has 1 saturated heterocycles. The Morgan fingerprint density at radius 1 is 0.759 bits per heavy atom. The van der Waals surface area contributed by atoms with Crippen LogP contribution in [0, 0.1) is 0 Å². The molecule has 5 rings (SSSR count). The number of fused-ring (bicyclic) bond motifs is 2. The molecule has 0 saturated carbocycles. The van der Waals surface area contributed by atoms with Crippen molar-refractivity contribution < 1.29 is 14.4 Å². The Morgan fingerprint density at radius 3 is 2.10 bits per heavy atom. The third-order valence-electron chi connectivity index (χ3n) is 5.92. The zero-order valence-electron chi connectivity index (χ0n) is 15.8. The maximum absolute atomic E-state index is 13.1. The van der Waals surface area contributed by atoms with Gasteiger partial charge in [-0.15, -0.1) is 0 Å². The minimum Gasteiger partial charge on any atom is -0.338 e. The van der Waals surface area contributed by atoms with E-state index in [-0.39, 0.29) is 17.5 Å². The topological polar surface area (TPSA) is 54.5 Å². The number of carbonyl (C=O) groups excluding carboxylic acids is 3. The summed E-state index contributed by atoms with van der Waals surface area (Å²) in [6, 6.07) is 21.9. The van der Waals surface area contributed by atoms with Gasteiger partial charge in [-0.05, 0) is 30.2 Å². The molecular formula is C25H19NO3. The molecule has 0 aromatic heterocycles. The van der Waals surface area contributed by atoms with E-state index in [1.807, 2.05) is 23.1 Å². The predicted octanol–water partition coefficient (Wildman–Crippen LogP) is 4.09. The number of hydrogen-bond donors (Lipinski definition) is 0. The first-order valence-electron chi connectivity index (χ1n) is 9.80. The second-order valence-electron chi connectivity index (χ2n) is 7.61. The summed E-state index contributed by atoms with van der Waals surface area (Å²) in [7, 11) is 0. The van der Waals surface area contributed by atoms with E-state index < -0.39 is 0 Å². The molecule has 2 aliphatic rings. The van der Waals surface area contributed by atoms with Crippen molar-refractivity contribution in [3.8, 4) is 0 Å². The Hall–Kier alpha value is -3.53. The smallest absolute Gasteiger partial charge is 0.253 e. The summed E-state index contributed by atoms with van der Waals surface area (Å²) in [5.74, 6) is -0.133. The van der Waals surface area contributed by atoms with E-state index in [4.69, 9.17) is 0 Å². The van der Waals surface area contributed by atoms with E-state index in [0.29, 0.717) is 46.8 Å². The van der Waals surface area contributed by atoms with Crippen molar-refractivity contribution in [1.82, 2.24) is 4.90 Å². The van der Waals surface area contributed by atoms with Crippen molar-refractivity contribution in [2.45, 2.75) is 12.3 Å². The third kappa shape index (κ3) is 2.88. The lowest BCUT2D eigenvalue weighted by Gasteiger charge is -2.20. The van der Waals surface area contributed by atoms with Crippen molar-refractivity contribution in [3.63, 3.8) is 0 Å². The second-order valence-corrected chi connectivity index (χ2v) is 7.61. The zero-order chi connectivity index (χ0) is 20.0. The third-order valence-corrected chi connectivity index (χ3v) is 5.92. The highest BCUT2D eigenvalue weighted by molar-refractivity contribution is 6.28. The van der Waals surface area contributed by atoms with Gasteiger partial charge in [0, 0.05) is 46.8 Å². The minimum atomic E-state index is -0.201. The number of ketones is 2. The van der Waals surface area contributed by atoms with Gasteiger partial charge in [0.25, 0.3) is 5.91 Å². The highest BCUT2D eigenvalue weighted by Crippen LogP contribution is 2.30. The Labute approximate surface area is 168 Å². The van der Waals surface area contributed by atoms with Crippen molar-refractivity contribution in [2.24, 2.45) is 0 Å². The number of rotatable bonds is 2. The Kier molecular flexibility index (Phi) is 4.13. The molecule has 0 N–H and O–H groups in total. The minimum absolute atomic E-state index is 0.0923.